The van der Waals surface area contributed by atoms with Crippen molar-refractivity contribution in [3.05, 3.63) is 54.0 Å². The maximum absolute atomic E-state index is 12.3. The molecule has 7 nitrogen and oxygen atoms in total. The molecule has 26 heavy (non-hydrogen) atoms. The number of rotatable bonds is 5. The molecule has 1 aromatic heterocycles. The molecule has 0 aliphatic carbocycles. The predicted molar refractivity (Wildman–Crippen MR) is 96.1 cm³/mol. The van der Waals surface area contributed by atoms with Crippen molar-refractivity contribution >= 4 is 23.3 Å². The van der Waals surface area contributed by atoms with Crippen LogP contribution < -0.4 is 5.32 Å². The number of hydrogen-bond donors (Lipinski definition) is 1. The summed E-state index contributed by atoms with van der Waals surface area (Å²) in [5.41, 5.74) is 1.02. The van der Waals surface area contributed by atoms with Crippen LogP contribution in [-0.2, 0) is 4.79 Å². The van der Waals surface area contributed by atoms with Gasteiger partial charge in [-0.05, 0) is 31.2 Å². The lowest BCUT2D eigenvalue weighted by Gasteiger charge is -2.33. The van der Waals surface area contributed by atoms with Crippen molar-refractivity contribution in [1.29, 1.82) is 0 Å². The van der Waals surface area contributed by atoms with Crippen molar-refractivity contribution in [3.8, 4) is 0 Å². The van der Waals surface area contributed by atoms with E-state index in [0.29, 0.717) is 43.2 Å². The van der Waals surface area contributed by atoms with Gasteiger partial charge in [-0.15, -0.1) is 0 Å². The van der Waals surface area contributed by atoms with E-state index in [1.807, 2.05) is 4.90 Å². The Morgan fingerprint density at radius 1 is 1.04 bits per heavy atom. The number of carbonyl (C=O) groups excluding carboxylic acids is 3. The van der Waals surface area contributed by atoms with Gasteiger partial charge in [-0.1, -0.05) is 12.1 Å². The second kappa shape index (κ2) is 7.97. The molecule has 1 aromatic carbocycles. The van der Waals surface area contributed by atoms with E-state index in [1.165, 1.54) is 13.2 Å². The Kier molecular flexibility index (Phi) is 5.48. The van der Waals surface area contributed by atoms with Gasteiger partial charge in [-0.25, -0.2) is 0 Å². The average Bonchev–Trinajstić information content (AvgIpc) is 3.16. The molecule has 0 saturated carbocycles. The number of piperazine rings is 1. The third-order valence-corrected chi connectivity index (χ3v) is 4.34. The van der Waals surface area contributed by atoms with Gasteiger partial charge in [0.1, 0.15) is 0 Å². The lowest BCUT2D eigenvalue weighted by molar-refractivity contribution is -0.117. The van der Waals surface area contributed by atoms with Gasteiger partial charge in [0, 0.05) is 31.7 Å². The van der Waals surface area contributed by atoms with Gasteiger partial charge in [-0.2, -0.15) is 0 Å². The molecule has 2 aromatic rings. The van der Waals surface area contributed by atoms with Gasteiger partial charge in [-0.3, -0.25) is 19.3 Å². The van der Waals surface area contributed by atoms with Crippen molar-refractivity contribution < 1.29 is 18.8 Å². The highest BCUT2D eigenvalue weighted by atomic mass is 16.3. The first-order valence-electron chi connectivity index (χ1n) is 8.49. The van der Waals surface area contributed by atoms with Gasteiger partial charge in [0.25, 0.3) is 5.91 Å². The van der Waals surface area contributed by atoms with Gasteiger partial charge in [0.05, 0.1) is 18.5 Å². The number of para-hydroxylation sites is 1. The van der Waals surface area contributed by atoms with Crippen molar-refractivity contribution in [3.63, 3.8) is 0 Å². The van der Waals surface area contributed by atoms with Crippen LogP contribution in [0.15, 0.2) is 47.1 Å². The molecular formula is C19H21N3O4. The number of nitrogens with one attached hydrogen (secondary N) is 1. The molecule has 0 bridgehead atoms. The Morgan fingerprint density at radius 3 is 2.42 bits per heavy atom. The van der Waals surface area contributed by atoms with Crippen LogP contribution >= 0.6 is 0 Å². The van der Waals surface area contributed by atoms with Crippen molar-refractivity contribution in [2.75, 3.05) is 38.0 Å². The van der Waals surface area contributed by atoms with E-state index in [-0.39, 0.29) is 24.1 Å². The van der Waals surface area contributed by atoms with Crippen LogP contribution in [0.5, 0.6) is 0 Å². The Hall–Kier alpha value is -2.93. The monoisotopic (exact) mass is 355 g/mol. The number of ketones is 1. The fourth-order valence-corrected chi connectivity index (χ4v) is 2.96. The second-order valence-electron chi connectivity index (χ2n) is 6.20. The third kappa shape index (κ3) is 4.18. The van der Waals surface area contributed by atoms with Crippen molar-refractivity contribution in [2.24, 2.45) is 0 Å². The molecule has 0 radical (unpaired) electrons. The fraction of sp³-hybridized carbons (Fsp3) is 0.316. The summed E-state index contributed by atoms with van der Waals surface area (Å²) in [7, 11) is 0. The van der Waals surface area contributed by atoms with Gasteiger partial charge in [0.15, 0.2) is 11.5 Å². The van der Waals surface area contributed by atoms with E-state index in [0.717, 1.165) is 0 Å². The van der Waals surface area contributed by atoms with Gasteiger partial charge in [0.2, 0.25) is 5.91 Å². The first kappa shape index (κ1) is 17.9. The Morgan fingerprint density at radius 2 is 1.77 bits per heavy atom. The number of nitrogens with zero attached hydrogens (tertiary/aromatic N) is 2. The predicted octanol–water partition coefficient (Wildman–Crippen LogP) is 1.88. The smallest absolute Gasteiger partial charge is 0.289 e. The first-order valence-corrected chi connectivity index (χ1v) is 8.49. The number of hydrogen-bond acceptors (Lipinski definition) is 5. The topological polar surface area (TPSA) is 82.9 Å². The van der Waals surface area contributed by atoms with Crippen LogP contribution in [0, 0.1) is 0 Å². The molecule has 0 atom stereocenters. The highest BCUT2D eigenvalue weighted by Crippen LogP contribution is 2.16. The summed E-state index contributed by atoms with van der Waals surface area (Å²) in [5, 5.41) is 2.80. The van der Waals surface area contributed by atoms with E-state index in [9.17, 15) is 14.4 Å². The number of anilines is 1. The van der Waals surface area contributed by atoms with Gasteiger partial charge < -0.3 is 14.6 Å². The maximum atomic E-state index is 12.3. The van der Waals surface area contributed by atoms with E-state index in [1.54, 1.807) is 41.3 Å². The minimum Gasteiger partial charge on any atom is -0.459 e. The Bertz CT molecular complexity index is 793. The Labute approximate surface area is 151 Å². The molecule has 3 rings (SSSR count). The average molecular weight is 355 g/mol. The van der Waals surface area contributed by atoms with E-state index < -0.39 is 0 Å². The van der Waals surface area contributed by atoms with Gasteiger partial charge >= 0.3 is 0 Å². The fourth-order valence-electron chi connectivity index (χ4n) is 2.96. The SMILES string of the molecule is CC(=O)c1ccccc1NC(=O)CN1CCN(C(=O)c2ccco2)CC1. The van der Waals surface area contributed by atoms with E-state index >= 15 is 0 Å². The third-order valence-electron chi connectivity index (χ3n) is 4.34. The second-order valence-corrected chi connectivity index (χ2v) is 6.20. The van der Waals surface area contributed by atoms with Crippen molar-refractivity contribution in [2.45, 2.75) is 6.92 Å². The van der Waals surface area contributed by atoms with Crippen LogP contribution in [0.2, 0.25) is 0 Å². The summed E-state index contributed by atoms with van der Waals surface area (Å²) in [6, 6.07) is 10.3. The number of amides is 2. The van der Waals surface area contributed by atoms with E-state index in [4.69, 9.17) is 4.42 Å². The summed E-state index contributed by atoms with van der Waals surface area (Å²) >= 11 is 0. The molecule has 1 aliphatic heterocycles. The molecule has 2 amide bonds. The summed E-state index contributed by atoms with van der Waals surface area (Å²) in [6.45, 7) is 3.98. The van der Waals surface area contributed by atoms with Crippen molar-refractivity contribution in [1.82, 2.24) is 9.80 Å². The molecule has 1 aliphatic rings. The summed E-state index contributed by atoms with van der Waals surface area (Å²) in [6.07, 6.45) is 1.48. The zero-order valence-electron chi connectivity index (χ0n) is 14.6. The molecule has 7 heteroatoms. The first-order chi connectivity index (χ1) is 12.5. The summed E-state index contributed by atoms with van der Waals surface area (Å²) < 4.78 is 5.14. The maximum Gasteiger partial charge on any atom is 0.289 e. The standard InChI is InChI=1S/C19H21N3O4/c1-14(23)15-5-2-3-6-16(15)20-18(24)13-21-8-10-22(11-9-21)19(25)17-7-4-12-26-17/h2-7,12H,8-11,13H2,1H3,(H,20,24). The molecule has 2 heterocycles. The molecule has 136 valence electrons. The zero-order valence-corrected chi connectivity index (χ0v) is 14.6. The summed E-state index contributed by atoms with van der Waals surface area (Å²) in [5.74, 6) is -0.0676. The molecule has 1 fully saturated rings. The molecule has 0 unspecified atom stereocenters. The molecule has 0 spiro atoms. The molecular weight excluding hydrogens is 334 g/mol. The highest BCUT2D eigenvalue weighted by molar-refractivity contribution is 6.04. The number of Topliss-reactive ketones (excluding diaryl/α,β-unsaturated/α-hetero) is 1. The largest absolute Gasteiger partial charge is 0.459 e. The lowest BCUT2D eigenvalue weighted by Crippen LogP contribution is -2.50. The van der Waals surface area contributed by atoms with Crippen LogP contribution in [0.3, 0.4) is 0 Å². The zero-order chi connectivity index (χ0) is 18.5. The number of benzene rings is 1. The van der Waals surface area contributed by atoms with Crippen LogP contribution in [0.1, 0.15) is 27.8 Å². The molecule has 1 saturated heterocycles. The minimum atomic E-state index is -0.176. The Balaban J connectivity index is 1.51. The normalized spacial score (nSPS) is 14.9. The quantitative estimate of drug-likeness (QED) is 0.828. The number of carbonyl (C=O) groups is 3. The lowest BCUT2D eigenvalue weighted by atomic mass is 10.1. The highest BCUT2D eigenvalue weighted by Gasteiger charge is 2.24. The van der Waals surface area contributed by atoms with Crippen LogP contribution in [0.25, 0.3) is 0 Å². The minimum absolute atomic E-state index is 0.0917. The molecule has 1 N–H and O–H groups in total. The van der Waals surface area contributed by atoms with E-state index in [2.05, 4.69) is 5.32 Å². The summed E-state index contributed by atoms with van der Waals surface area (Å²) in [4.78, 5) is 39.9. The number of furan rings is 1. The van der Waals surface area contributed by atoms with Crippen LogP contribution in [-0.4, -0.2) is 60.1 Å². The van der Waals surface area contributed by atoms with Crippen LogP contribution in [0.4, 0.5) is 5.69 Å².